The van der Waals surface area contributed by atoms with E-state index in [0.29, 0.717) is 17.5 Å². The van der Waals surface area contributed by atoms with E-state index >= 15 is 0 Å². The van der Waals surface area contributed by atoms with Crippen molar-refractivity contribution in [1.82, 2.24) is 10.2 Å². The molecule has 1 N–H and O–H groups in total. The van der Waals surface area contributed by atoms with Crippen molar-refractivity contribution in [2.24, 2.45) is 5.41 Å². The number of piperidine rings is 1. The smallest absolute Gasteiger partial charge is 0.410 e. The highest BCUT2D eigenvalue weighted by atomic mass is 16.6. The lowest BCUT2D eigenvalue weighted by molar-refractivity contribution is 0.00676. The van der Waals surface area contributed by atoms with Crippen LogP contribution in [0.2, 0.25) is 0 Å². The van der Waals surface area contributed by atoms with Gasteiger partial charge in [-0.1, -0.05) is 18.6 Å². The molecule has 1 aromatic carbocycles. The third-order valence-corrected chi connectivity index (χ3v) is 6.38. The number of nitrogens with one attached hydrogen (secondary N) is 1. The third kappa shape index (κ3) is 4.80. The molecule has 1 saturated heterocycles. The number of nitrogens with zero attached hydrogens (tertiary/aromatic N) is 1. The van der Waals surface area contributed by atoms with Crippen molar-refractivity contribution >= 4 is 6.09 Å². The van der Waals surface area contributed by atoms with Gasteiger partial charge in [-0.3, -0.25) is 0 Å². The average molecular weight is 389 g/mol. The fourth-order valence-electron chi connectivity index (χ4n) is 4.75. The second-order valence-corrected chi connectivity index (χ2v) is 9.44. The van der Waals surface area contributed by atoms with Crippen LogP contribution in [0.25, 0.3) is 0 Å². The number of likely N-dealkylation sites (tertiary alicyclic amines) is 1. The van der Waals surface area contributed by atoms with Crippen LogP contribution in [-0.2, 0) is 4.74 Å². The van der Waals surface area contributed by atoms with Crippen molar-refractivity contribution in [3.05, 3.63) is 29.8 Å². The highest BCUT2D eigenvalue weighted by molar-refractivity contribution is 5.68. The van der Waals surface area contributed by atoms with Crippen molar-refractivity contribution in [3.8, 4) is 5.75 Å². The van der Waals surface area contributed by atoms with Gasteiger partial charge in [-0.2, -0.15) is 0 Å². The maximum Gasteiger partial charge on any atom is 0.410 e. The minimum Gasteiger partial charge on any atom is -0.497 e. The van der Waals surface area contributed by atoms with E-state index in [1.807, 2.05) is 37.8 Å². The van der Waals surface area contributed by atoms with Gasteiger partial charge >= 0.3 is 6.09 Å². The highest BCUT2D eigenvalue weighted by Gasteiger charge is 2.46. The van der Waals surface area contributed by atoms with Gasteiger partial charge in [-0.25, -0.2) is 4.79 Å². The Morgan fingerprint density at radius 1 is 1.18 bits per heavy atom. The second-order valence-electron chi connectivity index (χ2n) is 9.44. The molecular formula is C23H36N2O3. The number of hydrogen-bond donors (Lipinski definition) is 1. The molecule has 1 saturated carbocycles. The Labute approximate surface area is 169 Å². The zero-order chi connectivity index (χ0) is 20.4. The van der Waals surface area contributed by atoms with E-state index in [-0.39, 0.29) is 6.09 Å². The Bertz CT molecular complexity index is 657. The van der Waals surface area contributed by atoms with E-state index in [1.54, 1.807) is 7.11 Å². The molecule has 1 aliphatic carbocycles. The number of carbonyl (C=O) groups excluding carboxylic acids is 1. The fourth-order valence-corrected chi connectivity index (χ4v) is 4.75. The average Bonchev–Trinajstić information content (AvgIpc) is 3.02. The zero-order valence-corrected chi connectivity index (χ0v) is 18.1. The monoisotopic (exact) mass is 388 g/mol. The summed E-state index contributed by atoms with van der Waals surface area (Å²) in [4.78, 5) is 14.3. The molecule has 3 rings (SSSR count). The summed E-state index contributed by atoms with van der Waals surface area (Å²) >= 11 is 0. The summed E-state index contributed by atoms with van der Waals surface area (Å²) < 4.78 is 10.8. The van der Waals surface area contributed by atoms with Crippen LogP contribution in [0, 0.1) is 5.41 Å². The van der Waals surface area contributed by atoms with Crippen molar-refractivity contribution in [3.63, 3.8) is 0 Å². The lowest BCUT2D eigenvalue weighted by atomic mass is 9.74. The molecule has 28 heavy (non-hydrogen) atoms. The van der Waals surface area contributed by atoms with Crippen LogP contribution in [0.3, 0.4) is 0 Å². The van der Waals surface area contributed by atoms with E-state index in [1.165, 1.54) is 24.8 Å². The van der Waals surface area contributed by atoms with Crippen molar-refractivity contribution in [2.75, 3.05) is 20.2 Å². The number of amides is 1. The van der Waals surface area contributed by atoms with Crippen molar-refractivity contribution < 1.29 is 14.3 Å². The molecule has 1 heterocycles. The molecule has 0 bridgehead atoms. The van der Waals surface area contributed by atoms with Gasteiger partial charge in [0.2, 0.25) is 0 Å². The number of methoxy groups -OCH3 is 1. The van der Waals surface area contributed by atoms with Crippen molar-refractivity contribution in [2.45, 2.75) is 77.5 Å². The van der Waals surface area contributed by atoms with Crippen LogP contribution >= 0.6 is 0 Å². The Hall–Kier alpha value is -1.75. The SMILES string of the molecule is COc1ccc([C@@H](C)N[C@@H]2CCCC23CCN(C(=O)OC(C)(C)C)CC3)cc1. The van der Waals surface area contributed by atoms with Gasteiger partial charge in [0.15, 0.2) is 0 Å². The summed E-state index contributed by atoms with van der Waals surface area (Å²) in [5, 5.41) is 3.90. The van der Waals surface area contributed by atoms with Crippen LogP contribution in [0.1, 0.15) is 71.4 Å². The minimum absolute atomic E-state index is 0.170. The molecule has 2 aliphatic rings. The Morgan fingerprint density at radius 2 is 1.82 bits per heavy atom. The maximum atomic E-state index is 12.4. The molecule has 5 heteroatoms. The van der Waals surface area contributed by atoms with Gasteiger partial charge in [0.25, 0.3) is 0 Å². The summed E-state index contributed by atoms with van der Waals surface area (Å²) in [6.07, 6.45) is 5.67. The predicted molar refractivity (Wildman–Crippen MR) is 112 cm³/mol. The lowest BCUT2D eigenvalue weighted by Crippen LogP contribution is -2.51. The fraction of sp³-hybridized carbons (Fsp3) is 0.696. The molecule has 1 spiro atoms. The Balaban J connectivity index is 1.59. The molecule has 5 nitrogen and oxygen atoms in total. The van der Waals surface area contributed by atoms with Gasteiger partial charge in [0, 0.05) is 25.2 Å². The van der Waals surface area contributed by atoms with Gasteiger partial charge in [-0.15, -0.1) is 0 Å². The first-order chi connectivity index (χ1) is 13.2. The Kier molecular flexibility index (Phi) is 6.23. The molecule has 0 aromatic heterocycles. The molecule has 156 valence electrons. The number of rotatable bonds is 4. The number of ether oxygens (including phenoxy) is 2. The molecule has 2 fully saturated rings. The molecule has 1 aliphatic heterocycles. The molecule has 0 unspecified atom stereocenters. The highest BCUT2D eigenvalue weighted by Crippen LogP contribution is 2.47. The standard InChI is InChI=1S/C23H36N2O3/c1-17(18-8-10-19(27-5)11-9-18)24-20-7-6-12-23(20)13-15-25(16-14-23)21(26)28-22(2,3)4/h8-11,17,20,24H,6-7,12-16H2,1-5H3/t17-,20-/m1/s1. The topological polar surface area (TPSA) is 50.8 Å². The largest absolute Gasteiger partial charge is 0.497 e. The molecule has 1 amide bonds. The first-order valence-electron chi connectivity index (χ1n) is 10.6. The lowest BCUT2D eigenvalue weighted by Gasteiger charge is -2.44. The minimum atomic E-state index is -0.433. The number of hydrogen-bond acceptors (Lipinski definition) is 4. The summed E-state index contributed by atoms with van der Waals surface area (Å²) in [5.74, 6) is 0.891. The summed E-state index contributed by atoms with van der Waals surface area (Å²) in [6, 6.07) is 9.14. The van der Waals surface area contributed by atoms with E-state index in [9.17, 15) is 4.79 Å². The van der Waals surface area contributed by atoms with E-state index < -0.39 is 5.60 Å². The van der Waals surface area contributed by atoms with E-state index in [0.717, 1.165) is 31.7 Å². The summed E-state index contributed by atoms with van der Waals surface area (Å²) in [5.41, 5.74) is 1.16. The molecule has 0 radical (unpaired) electrons. The van der Waals surface area contributed by atoms with Crippen LogP contribution in [0.4, 0.5) is 4.79 Å². The first kappa shape index (κ1) is 21.0. The van der Waals surface area contributed by atoms with Gasteiger partial charge in [0.05, 0.1) is 7.11 Å². The predicted octanol–water partition coefficient (Wildman–Crippen LogP) is 4.92. The van der Waals surface area contributed by atoms with Gasteiger partial charge < -0.3 is 19.7 Å². The molecule has 1 aromatic rings. The number of benzene rings is 1. The second kappa shape index (κ2) is 8.32. The van der Waals surface area contributed by atoms with Gasteiger partial charge in [-0.05, 0) is 76.5 Å². The Morgan fingerprint density at radius 3 is 2.39 bits per heavy atom. The molecule has 2 atom stereocenters. The van der Waals surface area contributed by atoms with Crippen LogP contribution in [-0.4, -0.2) is 42.8 Å². The normalized spacial score (nSPS) is 22.9. The van der Waals surface area contributed by atoms with Crippen LogP contribution < -0.4 is 10.1 Å². The van der Waals surface area contributed by atoms with E-state index in [4.69, 9.17) is 9.47 Å². The maximum absolute atomic E-state index is 12.4. The number of carbonyl (C=O) groups is 1. The zero-order valence-electron chi connectivity index (χ0n) is 18.1. The van der Waals surface area contributed by atoms with Crippen LogP contribution in [0.5, 0.6) is 5.75 Å². The summed E-state index contributed by atoms with van der Waals surface area (Å²) in [6.45, 7) is 9.60. The molecular weight excluding hydrogens is 352 g/mol. The van der Waals surface area contributed by atoms with Gasteiger partial charge in [0.1, 0.15) is 11.4 Å². The van der Waals surface area contributed by atoms with Crippen LogP contribution in [0.15, 0.2) is 24.3 Å². The van der Waals surface area contributed by atoms with E-state index in [2.05, 4.69) is 24.4 Å². The quantitative estimate of drug-likeness (QED) is 0.796. The first-order valence-corrected chi connectivity index (χ1v) is 10.6. The van der Waals surface area contributed by atoms with Crippen molar-refractivity contribution in [1.29, 1.82) is 0 Å². The summed E-state index contributed by atoms with van der Waals surface area (Å²) in [7, 11) is 1.70. The third-order valence-electron chi connectivity index (χ3n) is 6.38.